The number of unbranched alkanes of at least 4 members (excludes halogenated alkanes) is 6. The molecule has 156 valence electrons. The van der Waals surface area contributed by atoms with Crippen molar-refractivity contribution in [1.82, 2.24) is 0 Å². The van der Waals surface area contributed by atoms with Gasteiger partial charge >= 0.3 is 0 Å². The molecule has 0 atom stereocenters. The van der Waals surface area contributed by atoms with E-state index in [1.165, 1.54) is 76.0 Å². The lowest BCUT2D eigenvalue weighted by Crippen LogP contribution is -3.00. The standard InChI is InChI=1S/C26H40P.ClH/c1-3-5-7-15-21-27(22-16-8-6-4-2,23-25-17-11-9-12-18-25)24-26-19-13-10-14-20-26;/h9-14,17-20H,3-8,15-16,21-24H2,1-2H3;1H/q+1;/p-1. The summed E-state index contributed by atoms with van der Waals surface area (Å²) in [5.41, 5.74) is 3.13. The molecule has 2 aromatic rings. The molecule has 28 heavy (non-hydrogen) atoms. The van der Waals surface area contributed by atoms with E-state index in [4.69, 9.17) is 0 Å². The summed E-state index contributed by atoms with van der Waals surface area (Å²) < 4.78 is 0. The summed E-state index contributed by atoms with van der Waals surface area (Å²) in [5, 5.41) is 0. The summed E-state index contributed by atoms with van der Waals surface area (Å²) in [6.07, 6.45) is 16.8. The van der Waals surface area contributed by atoms with Crippen molar-refractivity contribution in [3.63, 3.8) is 0 Å². The van der Waals surface area contributed by atoms with Gasteiger partial charge in [-0.15, -0.1) is 0 Å². The van der Waals surface area contributed by atoms with Gasteiger partial charge in [0.25, 0.3) is 0 Å². The van der Waals surface area contributed by atoms with Gasteiger partial charge in [0.2, 0.25) is 0 Å². The summed E-state index contributed by atoms with van der Waals surface area (Å²) in [5.74, 6) is 0. The average Bonchev–Trinajstić information content (AvgIpc) is 2.70. The Morgan fingerprint density at radius 3 is 1.29 bits per heavy atom. The molecule has 0 unspecified atom stereocenters. The van der Waals surface area contributed by atoms with E-state index in [-0.39, 0.29) is 12.4 Å². The molecule has 0 aromatic heterocycles. The quantitative estimate of drug-likeness (QED) is 0.278. The number of rotatable bonds is 14. The molecular weight excluding hydrogens is 379 g/mol. The first kappa shape index (κ1) is 25.2. The van der Waals surface area contributed by atoms with Crippen LogP contribution in [0.25, 0.3) is 0 Å². The van der Waals surface area contributed by atoms with Gasteiger partial charge in [0.1, 0.15) is 0 Å². The third kappa shape index (κ3) is 9.58. The van der Waals surface area contributed by atoms with Crippen LogP contribution in [-0.4, -0.2) is 12.3 Å². The van der Waals surface area contributed by atoms with Crippen molar-refractivity contribution in [2.75, 3.05) is 12.3 Å². The van der Waals surface area contributed by atoms with Crippen molar-refractivity contribution in [2.24, 2.45) is 0 Å². The number of hydrogen-bond acceptors (Lipinski definition) is 0. The molecule has 0 nitrogen and oxygen atoms in total. The fourth-order valence-corrected chi connectivity index (χ4v) is 8.90. The van der Waals surface area contributed by atoms with Crippen LogP contribution in [0.4, 0.5) is 0 Å². The lowest BCUT2D eigenvalue weighted by atomic mass is 10.2. The van der Waals surface area contributed by atoms with Crippen molar-refractivity contribution in [3.05, 3.63) is 71.8 Å². The molecule has 0 N–H and O–H groups in total. The SMILES string of the molecule is CCCCCC[P+](CCCCCC)(Cc1ccccc1)Cc1ccccc1.[Cl-]. The molecule has 0 bridgehead atoms. The molecule has 2 rings (SSSR count). The molecule has 0 aliphatic heterocycles. The fourth-order valence-electron chi connectivity index (χ4n) is 4.17. The predicted molar refractivity (Wildman–Crippen MR) is 125 cm³/mol. The third-order valence-corrected chi connectivity index (χ3v) is 10.3. The molecule has 2 aromatic carbocycles. The highest BCUT2D eigenvalue weighted by Gasteiger charge is 2.36. The average molecular weight is 419 g/mol. The number of halogens is 1. The maximum Gasteiger partial charge on any atom is 0.0846 e. The number of hydrogen-bond donors (Lipinski definition) is 0. The van der Waals surface area contributed by atoms with Gasteiger partial charge in [0.15, 0.2) is 0 Å². The monoisotopic (exact) mass is 418 g/mol. The van der Waals surface area contributed by atoms with Gasteiger partial charge in [-0.2, -0.15) is 0 Å². The van der Waals surface area contributed by atoms with Gasteiger partial charge in [-0.05, 0) is 36.8 Å². The van der Waals surface area contributed by atoms with E-state index in [1.54, 1.807) is 11.1 Å². The first-order valence-electron chi connectivity index (χ1n) is 11.2. The summed E-state index contributed by atoms with van der Waals surface area (Å²) in [6.45, 7) is 4.64. The van der Waals surface area contributed by atoms with Gasteiger partial charge in [-0.3, -0.25) is 0 Å². The minimum absolute atomic E-state index is 0. The minimum Gasteiger partial charge on any atom is -1.00 e. The van der Waals surface area contributed by atoms with Crippen LogP contribution in [0.2, 0.25) is 0 Å². The molecule has 0 spiro atoms. The largest absolute Gasteiger partial charge is 1.00 e. The zero-order chi connectivity index (χ0) is 19.2. The summed E-state index contributed by atoms with van der Waals surface area (Å²) in [4.78, 5) is 0. The second-order valence-corrected chi connectivity index (χ2v) is 12.4. The molecule has 2 heteroatoms. The Hall–Kier alpha value is -0.840. The second-order valence-electron chi connectivity index (χ2n) is 8.20. The summed E-state index contributed by atoms with van der Waals surface area (Å²) in [7, 11) is -1.02. The molecule has 0 aliphatic rings. The van der Waals surface area contributed by atoms with E-state index < -0.39 is 7.26 Å². The van der Waals surface area contributed by atoms with Gasteiger partial charge in [0, 0.05) is 7.26 Å². The van der Waals surface area contributed by atoms with Crippen LogP contribution in [-0.2, 0) is 12.3 Å². The van der Waals surface area contributed by atoms with E-state index in [1.807, 2.05) is 0 Å². The highest BCUT2D eigenvalue weighted by atomic mass is 35.5. The maximum atomic E-state index is 2.36. The van der Waals surface area contributed by atoms with E-state index in [0.717, 1.165) is 0 Å². The molecule has 0 heterocycles. The maximum absolute atomic E-state index is 2.36. The van der Waals surface area contributed by atoms with Crippen LogP contribution >= 0.6 is 7.26 Å². The Bertz CT molecular complexity index is 541. The zero-order valence-corrected chi connectivity index (χ0v) is 19.7. The van der Waals surface area contributed by atoms with Gasteiger partial charge in [-0.1, -0.05) is 100 Å². The van der Waals surface area contributed by atoms with Crippen LogP contribution in [0.5, 0.6) is 0 Å². The Kier molecular flexibility index (Phi) is 13.6. The molecule has 0 fully saturated rings. The molecule has 0 radical (unpaired) electrons. The normalized spacial score (nSPS) is 11.2. The molecule has 0 saturated heterocycles. The molecule has 0 amide bonds. The lowest BCUT2D eigenvalue weighted by molar-refractivity contribution is -0.00000590. The van der Waals surface area contributed by atoms with Crippen LogP contribution in [0.3, 0.4) is 0 Å². The molecular formula is C26H40ClP. The van der Waals surface area contributed by atoms with E-state index in [0.29, 0.717) is 0 Å². The Morgan fingerprint density at radius 1 is 0.536 bits per heavy atom. The van der Waals surface area contributed by atoms with Crippen molar-refractivity contribution in [3.8, 4) is 0 Å². The van der Waals surface area contributed by atoms with E-state index in [2.05, 4.69) is 74.5 Å². The zero-order valence-electron chi connectivity index (χ0n) is 18.1. The van der Waals surface area contributed by atoms with Crippen molar-refractivity contribution in [1.29, 1.82) is 0 Å². The summed E-state index contributed by atoms with van der Waals surface area (Å²) >= 11 is 0. The van der Waals surface area contributed by atoms with Gasteiger partial charge < -0.3 is 12.4 Å². The van der Waals surface area contributed by atoms with E-state index >= 15 is 0 Å². The highest BCUT2D eigenvalue weighted by molar-refractivity contribution is 7.74. The molecule has 0 saturated carbocycles. The summed E-state index contributed by atoms with van der Waals surface area (Å²) in [6, 6.07) is 22.6. The molecule has 0 aliphatic carbocycles. The van der Waals surface area contributed by atoms with Crippen LogP contribution in [0, 0.1) is 0 Å². The van der Waals surface area contributed by atoms with Gasteiger partial charge in [0.05, 0.1) is 24.6 Å². The number of benzene rings is 2. The smallest absolute Gasteiger partial charge is 0.0846 e. The predicted octanol–water partition coefficient (Wildman–Crippen LogP) is 5.57. The third-order valence-electron chi connectivity index (χ3n) is 5.69. The first-order valence-corrected chi connectivity index (χ1v) is 13.7. The Labute approximate surface area is 181 Å². The van der Waals surface area contributed by atoms with E-state index in [9.17, 15) is 0 Å². The topological polar surface area (TPSA) is 0 Å². The first-order chi connectivity index (χ1) is 13.3. The minimum atomic E-state index is -1.02. The van der Waals surface area contributed by atoms with Gasteiger partial charge in [-0.25, -0.2) is 0 Å². The van der Waals surface area contributed by atoms with Crippen molar-refractivity contribution >= 4 is 7.26 Å². The van der Waals surface area contributed by atoms with Crippen LogP contribution < -0.4 is 12.4 Å². The Morgan fingerprint density at radius 2 is 0.929 bits per heavy atom. The lowest BCUT2D eigenvalue weighted by Gasteiger charge is -2.28. The van der Waals surface area contributed by atoms with Crippen LogP contribution in [0.15, 0.2) is 60.7 Å². The Balaban J connectivity index is 0.00000392. The van der Waals surface area contributed by atoms with Crippen molar-refractivity contribution < 1.29 is 12.4 Å². The highest BCUT2D eigenvalue weighted by Crippen LogP contribution is 2.65. The second kappa shape index (κ2) is 15.1. The van der Waals surface area contributed by atoms with Crippen LogP contribution in [0.1, 0.15) is 76.3 Å². The fraction of sp³-hybridized carbons (Fsp3) is 0.538. The van der Waals surface area contributed by atoms with Crippen molar-refractivity contribution in [2.45, 2.75) is 77.5 Å².